The van der Waals surface area contributed by atoms with E-state index in [1.807, 2.05) is 26.8 Å². The van der Waals surface area contributed by atoms with Crippen LogP contribution in [0.25, 0.3) is 0 Å². The molecule has 0 saturated carbocycles. The Morgan fingerprint density at radius 3 is 2.84 bits per heavy atom. The van der Waals surface area contributed by atoms with E-state index in [1.165, 1.54) is 0 Å². The van der Waals surface area contributed by atoms with Gasteiger partial charge in [-0.1, -0.05) is 19.1 Å². The molecular formula is C14H23N3O2. The summed E-state index contributed by atoms with van der Waals surface area (Å²) in [5.41, 5.74) is 2.52. The molecule has 1 rings (SSSR count). The second kappa shape index (κ2) is 7.74. The summed E-state index contributed by atoms with van der Waals surface area (Å²) in [5.74, 6) is -0.104. The quantitative estimate of drug-likeness (QED) is 0.576. The van der Waals surface area contributed by atoms with E-state index in [0.717, 1.165) is 17.7 Å². The highest BCUT2D eigenvalue weighted by molar-refractivity contribution is 5.92. The van der Waals surface area contributed by atoms with Gasteiger partial charge in [0.25, 0.3) is 5.91 Å². The van der Waals surface area contributed by atoms with Crippen molar-refractivity contribution >= 4 is 5.91 Å². The van der Waals surface area contributed by atoms with Crippen molar-refractivity contribution in [3.8, 4) is 0 Å². The van der Waals surface area contributed by atoms with Crippen molar-refractivity contribution in [3.05, 3.63) is 29.6 Å². The lowest BCUT2D eigenvalue weighted by Gasteiger charge is -2.07. The number of carbonyl (C=O) groups is 1. The van der Waals surface area contributed by atoms with Crippen molar-refractivity contribution in [2.75, 3.05) is 19.8 Å². The van der Waals surface area contributed by atoms with Gasteiger partial charge >= 0.3 is 0 Å². The van der Waals surface area contributed by atoms with Gasteiger partial charge in [0.05, 0.1) is 18.9 Å². The van der Waals surface area contributed by atoms with Crippen molar-refractivity contribution in [1.82, 2.24) is 15.1 Å². The highest BCUT2D eigenvalue weighted by Gasteiger charge is 2.13. The molecule has 0 aromatic carbocycles. The highest BCUT2D eigenvalue weighted by atomic mass is 16.5. The molecule has 106 valence electrons. The first-order chi connectivity index (χ1) is 9.08. The Morgan fingerprint density at radius 2 is 2.26 bits per heavy atom. The van der Waals surface area contributed by atoms with E-state index >= 15 is 0 Å². The molecule has 1 aromatic heterocycles. The number of amides is 1. The predicted octanol–water partition coefficient (Wildman–Crippen LogP) is 1.79. The van der Waals surface area contributed by atoms with Gasteiger partial charge in [0.2, 0.25) is 0 Å². The zero-order valence-corrected chi connectivity index (χ0v) is 12.0. The molecule has 0 unspecified atom stereocenters. The summed E-state index contributed by atoms with van der Waals surface area (Å²) in [7, 11) is 0. The van der Waals surface area contributed by atoms with E-state index in [-0.39, 0.29) is 5.91 Å². The lowest BCUT2D eigenvalue weighted by atomic mass is 10.3. The number of hydrogen-bond donors (Lipinski definition) is 1. The maximum absolute atomic E-state index is 12.0. The van der Waals surface area contributed by atoms with E-state index < -0.39 is 0 Å². The molecule has 0 fully saturated rings. The Hall–Kier alpha value is -1.62. The Balaban J connectivity index is 2.44. The molecule has 0 saturated heterocycles. The van der Waals surface area contributed by atoms with Crippen LogP contribution in [-0.4, -0.2) is 35.4 Å². The topological polar surface area (TPSA) is 56.1 Å². The molecule has 1 heterocycles. The summed E-state index contributed by atoms with van der Waals surface area (Å²) in [6, 6.07) is 1.84. The van der Waals surface area contributed by atoms with Gasteiger partial charge in [-0.25, -0.2) is 0 Å². The first kappa shape index (κ1) is 15.4. The number of aromatic nitrogens is 2. The molecule has 5 heteroatoms. The van der Waals surface area contributed by atoms with Crippen LogP contribution < -0.4 is 5.32 Å². The summed E-state index contributed by atoms with van der Waals surface area (Å²) in [5, 5.41) is 7.18. The Morgan fingerprint density at radius 1 is 1.53 bits per heavy atom. The molecule has 1 aromatic rings. The van der Waals surface area contributed by atoms with Crippen LogP contribution in [0.1, 0.15) is 37.0 Å². The van der Waals surface area contributed by atoms with Crippen LogP contribution in [0, 0.1) is 0 Å². The standard InChI is InChI=1S/C14H23N3O2/c1-5-12-9-13(17(6-2)16-12)14(18)15-7-8-19-10-11(3)4/h9H,3,5-8,10H2,1-2,4H3,(H,15,18). The van der Waals surface area contributed by atoms with Gasteiger partial charge in [-0.05, 0) is 26.3 Å². The van der Waals surface area contributed by atoms with Gasteiger partial charge in [0, 0.05) is 13.1 Å². The van der Waals surface area contributed by atoms with Crippen LogP contribution in [0.2, 0.25) is 0 Å². The number of ether oxygens (including phenoxy) is 1. The molecule has 1 N–H and O–H groups in total. The van der Waals surface area contributed by atoms with E-state index in [1.54, 1.807) is 4.68 Å². The summed E-state index contributed by atoms with van der Waals surface area (Å²) in [4.78, 5) is 12.0. The highest BCUT2D eigenvalue weighted by Crippen LogP contribution is 2.05. The number of rotatable bonds is 8. The Bertz CT molecular complexity index is 438. The zero-order valence-electron chi connectivity index (χ0n) is 12.0. The van der Waals surface area contributed by atoms with Gasteiger partial charge in [-0.3, -0.25) is 9.48 Å². The average Bonchev–Trinajstić information content (AvgIpc) is 2.81. The average molecular weight is 265 g/mol. The third-order valence-corrected chi connectivity index (χ3v) is 2.61. The fraction of sp³-hybridized carbons (Fsp3) is 0.571. The van der Waals surface area contributed by atoms with Crippen molar-refractivity contribution in [2.24, 2.45) is 0 Å². The number of nitrogens with one attached hydrogen (secondary N) is 1. The third kappa shape index (κ3) is 4.87. The van der Waals surface area contributed by atoms with Crippen LogP contribution >= 0.6 is 0 Å². The van der Waals surface area contributed by atoms with Crippen molar-refractivity contribution in [3.63, 3.8) is 0 Å². The summed E-state index contributed by atoms with van der Waals surface area (Å²) >= 11 is 0. The van der Waals surface area contributed by atoms with Crippen molar-refractivity contribution in [2.45, 2.75) is 33.7 Å². The number of aryl methyl sites for hydroxylation is 2. The first-order valence-corrected chi connectivity index (χ1v) is 6.65. The monoisotopic (exact) mass is 265 g/mol. The van der Waals surface area contributed by atoms with Gasteiger partial charge in [0.1, 0.15) is 5.69 Å². The fourth-order valence-corrected chi connectivity index (χ4v) is 1.64. The van der Waals surface area contributed by atoms with Gasteiger partial charge in [0.15, 0.2) is 0 Å². The predicted molar refractivity (Wildman–Crippen MR) is 75.2 cm³/mol. The zero-order chi connectivity index (χ0) is 14.3. The smallest absolute Gasteiger partial charge is 0.269 e. The molecule has 0 radical (unpaired) electrons. The van der Waals surface area contributed by atoms with E-state index in [0.29, 0.717) is 32.0 Å². The van der Waals surface area contributed by atoms with Crippen molar-refractivity contribution in [1.29, 1.82) is 0 Å². The lowest BCUT2D eigenvalue weighted by Crippen LogP contribution is -2.29. The SMILES string of the molecule is C=C(C)COCCNC(=O)c1cc(CC)nn1CC. The maximum atomic E-state index is 12.0. The maximum Gasteiger partial charge on any atom is 0.269 e. The Kier molecular flexibility index (Phi) is 6.29. The molecule has 0 aliphatic heterocycles. The molecule has 0 atom stereocenters. The number of hydrogen-bond acceptors (Lipinski definition) is 3. The van der Waals surface area contributed by atoms with Gasteiger partial charge in [-0.2, -0.15) is 5.10 Å². The molecule has 19 heavy (non-hydrogen) atoms. The van der Waals surface area contributed by atoms with Crippen LogP contribution in [0.5, 0.6) is 0 Å². The molecule has 1 amide bonds. The van der Waals surface area contributed by atoms with E-state index in [4.69, 9.17) is 4.74 Å². The summed E-state index contributed by atoms with van der Waals surface area (Å²) < 4.78 is 7.05. The van der Waals surface area contributed by atoms with E-state index in [2.05, 4.69) is 17.0 Å². The molecular weight excluding hydrogens is 242 g/mol. The summed E-state index contributed by atoms with van der Waals surface area (Å²) in [6.45, 7) is 11.8. The van der Waals surface area contributed by atoms with E-state index in [9.17, 15) is 4.79 Å². The fourth-order valence-electron chi connectivity index (χ4n) is 1.64. The summed E-state index contributed by atoms with van der Waals surface area (Å²) in [6.07, 6.45) is 0.828. The molecule has 0 aliphatic rings. The largest absolute Gasteiger partial charge is 0.375 e. The van der Waals surface area contributed by atoms with Crippen LogP contribution in [0.3, 0.4) is 0 Å². The van der Waals surface area contributed by atoms with Crippen LogP contribution in [0.4, 0.5) is 0 Å². The van der Waals surface area contributed by atoms with Gasteiger partial charge in [-0.15, -0.1) is 0 Å². The van der Waals surface area contributed by atoms with Crippen LogP contribution in [-0.2, 0) is 17.7 Å². The third-order valence-electron chi connectivity index (χ3n) is 2.61. The Labute approximate surface area is 114 Å². The normalized spacial score (nSPS) is 10.5. The minimum absolute atomic E-state index is 0.104. The number of carbonyl (C=O) groups excluding carboxylic acids is 1. The van der Waals surface area contributed by atoms with Gasteiger partial charge < -0.3 is 10.1 Å². The second-order valence-corrected chi connectivity index (χ2v) is 4.46. The second-order valence-electron chi connectivity index (χ2n) is 4.46. The number of nitrogens with zero attached hydrogens (tertiary/aromatic N) is 2. The molecule has 0 bridgehead atoms. The first-order valence-electron chi connectivity index (χ1n) is 6.65. The van der Waals surface area contributed by atoms with Crippen LogP contribution in [0.15, 0.2) is 18.2 Å². The molecule has 0 spiro atoms. The minimum atomic E-state index is -0.104. The molecule has 5 nitrogen and oxygen atoms in total. The van der Waals surface area contributed by atoms with Crippen molar-refractivity contribution < 1.29 is 9.53 Å². The molecule has 0 aliphatic carbocycles. The minimum Gasteiger partial charge on any atom is -0.375 e. The lowest BCUT2D eigenvalue weighted by molar-refractivity contribution is 0.0916.